The molecule has 0 aliphatic carbocycles. The molecule has 0 saturated carbocycles. The molecule has 0 unspecified atom stereocenters. The fraction of sp³-hybridized carbons (Fsp3) is 0.381. The van der Waals surface area contributed by atoms with Crippen molar-refractivity contribution in [3.05, 3.63) is 53.1 Å². The molecule has 8 heteroatoms. The van der Waals surface area contributed by atoms with Gasteiger partial charge in [0.1, 0.15) is 0 Å². The van der Waals surface area contributed by atoms with Crippen LogP contribution < -0.4 is 10.2 Å². The maximum atomic E-state index is 12.6. The fourth-order valence-electron chi connectivity index (χ4n) is 3.37. The van der Waals surface area contributed by atoms with Crippen molar-refractivity contribution in [3.63, 3.8) is 0 Å². The van der Waals surface area contributed by atoms with Gasteiger partial charge in [-0.3, -0.25) is 4.79 Å². The van der Waals surface area contributed by atoms with E-state index in [4.69, 9.17) is 11.6 Å². The van der Waals surface area contributed by atoms with Crippen molar-refractivity contribution in [1.29, 1.82) is 0 Å². The van der Waals surface area contributed by atoms with Gasteiger partial charge >= 0.3 is 0 Å². The number of rotatable bonds is 7. The minimum absolute atomic E-state index is 0.121. The average molecular weight is 436 g/mol. The third-order valence-corrected chi connectivity index (χ3v) is 7.13. The van der Waals surface area contributed by atoms with Crippen LogP contribution >= 0.6 is 11.6 Å². The molecule has 29 heavy (non-hydrogen) atoms. The summed E-state index contributed by atoms with van der Waals surface area (Å²) in [6.45, 7) is 1.17. The zero-order valence-corrected chi connectivity index (χ0v) is 18.3. The molecule has 0 aromatic heterocycles. The standard InChI is InChI=1S/C21H26ClN3O3S/c1-24(2)20-11-8-17(22)15-19(20)23-21(26)12-7-16-5-9-18(10-6-16)29(27,28)25-13-3-4-14-25/h5-6,8-11,15H,3-4,7,12-14H2,1-2H3,(H,23,26). The zero-order chi connectivity index (χ0) is 21.0. The van der Waals surface area contributed by atoms with Crippen LogP contribution in [-0.4, -0.2) is 45.8 Å². The van der Waals surface area contributed by atoms with E-state index in [1.807, 2.05) is 25.1 Å². The van der Waals surface area contributed by atoms with Crippen molar-refractivity contribution in [1.82, 2.24) is 4.31 Å². The first kappa shape index (κ1) is 21.6. The maximum absolute atomic E-state index is 12.6. The van der Waals surface area contributed by atoms with Crippen LogP contribution in [0.5, 0.6) is 0 Å². The zero-order valence-electron chi connectivity index (χ0n) is 16.7. The first-order chi connectivity index (χ1) is 13.8. The Morgan fingerprint density at radius 2 is 1.76 bits per heavy atom. The summed E-state index contributed by atoms with van der Waals surface area (Å²) in [5, 5.41) is 3.46. The number of anilines is 2. The quantitative estimate of drug-likeness (QED) is 0.718. The molecule has 0 atom stereocenters. The number of hydrogen-bond acceptors (Lipinski definition) is 4. The highest BCUT2D eigenvalue weighted by Crippen LogP contribution is 2.28. The number of carbonyl (C=O) groups excluding carboxylic acids is 1. The highest BCUT2D eigenvalue weighted by atomic mass is 35.5. The van der Waals surface area contributed by atoms with E-state index < -0.39 is 10.0 Å². The second-order valence-corrected chi connectivity index (χ2v) is 9.73. The van der Waals surface area contributed by atoms with Gasteiger partial charge in [-0.2, -0.15) is 4.31 Å². The smallest absolute Gasteiger partial charge is 0.243 e. The third-order valence-electron chi connectivity index (χ3n) is 4.98. The predicted octanol–water partition coefficient (Wildman–Crippen LogP) is 3.76. The summed E-state index contributed by atoms with van der Waals surface area (Å²) in [6.07, 6.45) is 2.63. The van der Waals surface area contributed by atoms with Crippen molar-refractivity contribution in [2.24, 2.45) is 0 Å². The predicted molar refractivity (Wildman–Crippen MR) is 117 cm³/mol. The summed E-state index contributed by atoms with van der Waals surface area (Å²) in [5.41, 5.74) is 2.46. The Labute approximate surface area is 177 Å². The Hall–Kier alpha value is -2.09. The summed E-state index contributed by atoms with van der Waals surface area (Å²) in [6, 6.07) is 12.2. The fourth-order valence-corrected chi connectivity index (χ4v) is 5.06. The van der Waals surface area contributed by atoms with Gasteiger partial charge in [-0.15, -0.1) is 0 Å². The highest BCUT2D eigenvalue weighted by Gasteiger charge is 2.26. The van der Waals surface area contributed by atoms with Gasteiger partial charge in [0.15, 0.2) is 0 Å². The Morgan fingerprint density at radius 3 is 2.38 bits per heavy atom. The van der Waals surface area contributed by atoms with E-state index in [0.29, 0.717) is 35.1 Å². The van der Waals surface area contributed by atoms with Crippen LogP contribution in [0.2, 0.25) is 5.02 Å². The number of nitrogens with zero attached hydrogens (tertiary/aromatic N) is 2. The number of hydrogen-bond donors (Lipinski definition) is 1. The second-order valence-electron chi connectivity index (χ2n) is 7.36. The molecule has 1 heterocycles. The van der Waals surface area contributed by atoms with Crippen LogP contribution in [0.25, 0.3) is 0 Å². The Bertz CT molecular complexity index is 969. The van der Waals surface area contributed by atoms with E-state index in [1.54, 1.807) is 36.4 Å². The van der Waals surface area contributed by atoms with Gasteiger partial charge in [-0.05, 0) is 55.2 Å². The van der Waals surface area contributed by atoms with Crippen molar-refractivity contribution in [2.45, 2.75) is 30.6 Å². The molecular formula is C21H26ClN3O3S. The Kier molecular flexibility index (Phi) is 6.82. The van der Waals surface area contributed by atoms with E-state index in [1.165, 1.54) is 4.31 Å². The number of aryl methyl sites for hydroxylation is 1. The lowest BCUT2D eigenvalue weighted by Gasteiger charge is -2.18. The molecule has 1 aliphatic rings. The molecule has 1 fully saturated rings. The molecule has 2 aromatic rings. The van der Waals surface area contributed by atoms with Crippen molar-refractivity contribution in [2.75, 3.05) is 37.4 Å². The van der Waals surface area contributed by atoms with Gasteiger partial charge in [0.05, 0.1) is 16.3 Å². The molecule has 2 aromatic carbocycles. The first-order valence-electron chi connectivity index (χ1n) is 9.63. The lowest BCUT2D eigenvalue weighted by atomic mass is 10.1. The van der Waals surface area contributed by atoms with Gasteiger partial charge in [0.2, 0.25) is 15.9 Å². The van der Waals surface area contributed by atoms with Crippen LogP contribution in [0.4, 0.5) is 11.4 Å². The van der Waals surface area contributed by atoms with Crippen LogP contribution in [0.3, 0.4) is 0 Å². The molecule has 3 rings (SSSR count). The largest absolute Gasteiger partial charge is 0.376 e. The van der Waals surface area contributed by atoms with Crippen molar-refractivity contribution < 1.29 is 13.2 Å². The minimum Gasteiger partial charge on any atom is -0.376 e. The summed E-state index contributed by atoms with van der Waals surface area (Å²) in [4.78, 5) is 14.6. The van der Waals surface area contributed by atoms with Crippen LogP contribution in [0, 0.1) is 0 Å². The number of halogens is 1. The van der Waals surface area contributed by atoms with Crippen molar-refractivity contribution >= 4 is 38.9 Å². The highest BCUT2D eigenvalue weighted by molar-refractivity contribution is 7.89. The van der Waals surface area contributed by atoms with E-state index in [-0.39, 0.29) is 12.3 Å². The van der Waals surface area contributed by atoms with Crippen LogP contribution in [0.1, 0.15) is 24.8 Å². The Balaban J connectivity index is 1.60. The van der Waals surface area contributed by atoms with E-state index >= 15 is 0 Å². The summed E-state index contributed by atoms with van der Waals surface area (Å²) in [7, 11) is 0.391. The molecule has 0 bridgehead atoms. The molecule has 1 N–H and O–H groups in total. The molecule has 6 nitrogen and oxygen atoms in total. The number of carbonyl (C=O) groups is 1. The number of sulfonamides is 1. The van der Waals surface area contributed by atoms with Gasteiger partial charge in [-0.1, -0.05) is 23.7 Å². The monoisotopic (exact) mass is 435 g/mol. The number of benzene rings is 2. The lowest BCUT2D eigenvalue weighted by molar-refractivity contribution is -0.116. The molecule has 0 radical (unpaired) electrons. The topological polar surface area (TPSA) is 69.7 Å². The Morgan fingerprint density at radius 1 is 1.10 bits per heavy atom. The molecule has 1 amide bonds. The van der Waals surface area contributed by atoms with Crippen molar-refractivity contribution in [3.8, 4) is 0 Å². The van der Waals surface area contributed by atoms with Crippen LogP contribution in [0.15, 0.2) is 47.4 Å². The molecule has 1 aliphatic heterocycles. The molecule has 0 spiro atoms. The molecule has 156 valence electrons. The number of amides is 1. The normalized spacial score (nSPS) is 14.7. The summed E-state index contributed by atoms with van der Waals surface area (Å²) >= 11 is 6.05. The third kappa shape index (κ3) is 5.29. The van der Waals surface area contributed by atoms with Gasteiger partial charge < -0.3 is 10.2 Å². The van der Waals surface area contributed by atoms with Crippen LogP contribution in [-0.2, 0) is 21.2 Å². The lowest BCUT2D eigenvalue weighted by Crippen LogP contribution is -2.27. The summed E-state index contributed by atoms with van der Waals surface area (Å²) in [5.74, 6) is -0.121. The summed E-state index contributed by atoms with van der Waals surface area (Å²) < 4.78 is 26.7. The minimum atomic E-state index is -3.41. The molecular weight excluding hydrogens is 410 g/mol. The van der Waals surface area contributed by atoms with E-state index in [9.17, 15) is 13.2 Å². The first-order valence-corrected chi connectivity index (χ1v) is 11.4. The van der Waals surface area contributed by atoms with Gasteiger partial charge in [0, 0.05) is 38.6 Å². The van der Waals surface area contributed by atoms with E-state index in [0.717, 1.165) is 24.1 Å². The van der Waals surface area contributed by atoms with E-state index in [2.05, 4.69) is 5.32 Å². The van der Waals surface area contributed by atoms with Gasteiger partial charge in [-0.25, -0.2) is 8.42 Å². The van der Waals surface area contributed by atoms with Gasteiger partial charge in [0.25, 0.3) is 0 Å². The average Bonchev–Trinajstić information content (AvgIpc) is 3.22. The maximum Gasteiger partial charge on any atom is 0.243 e. The SMILES string of the molecule is CN(C)c1ccc(Cl)cc1NC(=O)CCc1ccc(S(=O)(=O)N2CCCC2)cc1. The molecule has 1 saturated heterocycles. The number of nitrogens with one attached hydrogen (secondary N) is 1. The second kappa shape index (κ2) is 9.15.